The summed E-state index contributed by atoms with van der Waals surface area (Å²) in [5, 5.41) is 5.99. The van der Waals surface area contributed by atoms with Crippen LogP contribution in [0, 0.1) is 0 Å². The average Bonchev–Trinajstić information content (AvgIpc) is 3.00. The molecule has 0 saturated heterocycles. The van der Waals surface area contributed by atoms with Crippen LogP contribution in [0.3, 0.4) is 0 Å². The van der Waals surface area contributed by atoms with Crippen molar-refractivity contribution in [1.29, 1.82) is 0 Å². The Labute approximate surface area is 126 Å². The molecule has 0 saturated carbocycles. The minimum atomic E-state index is 0.209. The Morgan fingerprint density at radius 1 is 1.20 bits per heavy atom. The highest BCUT2D eigenvalue weighted by atomic mass is 32.1. The molecule has 0 fully saturated rings. The lowest BCUT2D eigenvalue weighted by Gasteiger charge is -2.31. The van der Waals surface area contributed by atoms with Crippen LogP contribution < -0.4 is 5.32 Å². The van der Waals surface area contributed by atoms with Crippen LogP contribution in [0.25, 0.3) is 0 Å². The Morgan fingerprint density at radius 3 is 2.85 bits per heavy atom. The summed E-state index contributed by atoms with van der Waals surface area (Å²) < 4.78 is 0. The van der Waals surface area contributed by atoms with Crippen LogP contribution >= 0.6 is 11.3 Å². The van der Waals surface area contributed by atoms with Gasteiger partial charge in [0.15, 0.2) is 0 Å². The third kappa shape index (κ3) is 2.82. The third-order valence-corrected chi connectivity index (χ3v) is 5.58. The Balaban J connectivity index is 1.71. The van der Waals surface area contributed by atoms with Gasteiger partial charge in [-0.25, -0.2) is 0 Å². The number of thiophene rings is 1. The molecular formula is C18H23NS. The minimum absolute atomic E-state index is 0.209. The summed E-state index contributed by atoms with van der Waals surface area (Å²) in [5.74, 6) is 0. The van der Waals surface area contributed by atoms with Crippen LogP contribution in [-0.2, 0) is 11.8 Å². The fraction of sp³-hybridized carbons (Fsp3) is 0.444. The molecule has 0 amide bonds. The fourth-order valence-electron chi connectivity index (χ4n) is 3.10. The van der Waals surface area contributed by atoms with Gasteiger partial charge in [0.1, 0.15) is 0 Å². The fourth-order valence-corrected chi connectivity index (χ4v) is 3.95. The number of rotatable bonds is 4. The van der Waals surface area contributed by atoms with Gasteiger partial charge in [-0.2, -0.15) is 0 Å². The Morgan fingerprint density at radius 2 is 2.05 bits per heavy atom. The summed E-state index contributed by atoms with van der Waals surface area (Å²) in [5.41, 5.74) is 3.26. The van der Waals surface area contributed by atoms with Crippen LogP contribution in [0.5, 0.6) is 0 Å². The second kappa shape index (κ2) is 5.71. The van der Waals surface area contributed by atoms with Crippen LogP contribution in [0.2, 0.25) is 0 Å². The molecule has 20 heavy (non-hydrogen) atoms. The molecule has 1 unspecified atom stereocenters. The normalized spacial score (nSPS) is 18.8. The first kappa shape index (κ1) is 13.8. The Hall–Kier alpha value is -1.12. The first-order valence-electron chi connectivity index (χ1n) is 7.52. The zero-order valence-electron chi connectivity index (χ0n) is 12.4. The largest absolute Gasteiger partial charge is 0.309 e. The van der Waals surface area contributed by atoms with E-state index in [0.717, 1.165) is 6.54 Å². The lowest BCUT2D eigenvalue weighted by Crippen LogP contribution is -2.36. The number of nitrogens with one attached hydrogen (secondary N) is 1. The predicted octanol–water partition coefficient (Wildman–Crippen LogP) is 4.69. The second-order valence-corrected chi connectivity index (χ2v) is 7.33. The van der Waals surface area contributed by atoms with Crippen molar-refractivity contribution < 1.29 is 0 Å². The van der Waals surface area contributed by atoms with Gasteiger partial charge in [-0.3, -0.25) is 0 Å². The van der Waals surface area contributed by atoms with Gasteiger partial charge in [0, 0.05) is 22.9 Å². The van der Waals surface area contributed by atoms with Crippen molar-refractivity contribution in [3.05, 3.63) is 57.8 Å². The van der Waals surface area contributed by atoms with Crippen molar-refractivity contribution in [2.24, 2.45) is 0 Å². The van der Waals surface area contributed by atoms with E-state index in [1.807, 2.05) is 11.3 Å². The molecule has 106 valence electrons. The van der Waals surface area contributed by atoms with Crippen molar-refractivity contribution in [1.82, 2.24) is 5.32 Å². The predicted molar refractivity (Wildman–Crippen MR) is 87.5 cm³/mol. The van der Waals surface area contributed by atoms with E-state index < -0.39 is 0 Å². The number of aryl methyl sites for hydroxylation is 1. The van der Waals surface area contributed by atoms with Gasteiger partial charge in [-0.05, 0) is 41.8 Å². The Bertz CT molecular complexity index is 557. The summed E-state index contributed by atoms with van der Waals surface area (Å²) >= 11 is 1.86. The molecule has 2 heteroatoms. The molecule has 1 aromatic carbocycles. The van der Waals surface area contributed by atoms with E-state index in [4.69, 9.17) is 0 Å². The van der Waals surface area contributed by atoms with Gasteiger partial charge in [-0.15, -0.1) is 11.3 Å². The number of hydrogen-bond acceptors (Lipinski definition) is 2. The Kier molecular flexibility index (Phi) is 3.95. The van der Waals surface area contributed by atoms with Gasteiger partial charge in [-0.1, -0.05) is 44.2 Å². The first-order valence-corrected chi connectivity index (χ1v) is 8.40. The molecule has 1 heterocycles. The molecule has 0 bridgehead atoms. The van der Waals surface area contributed by atoms with E-state index >= 15 is 0 Å². The van der Waals surface area contributed by atoms with Crippen molar-refractivity contribution >= 4 is 11.3 Å². The zero-order chi connectivity index (χ0) is 14.0. The number of benzene rings is 1. The summed E-state index contributed by atoms with van der Waals surface area (Å²) in [6.45, 7) is 5.70. The second-order valence-electron chi connectivity index (χ2n) is 6.39. The van der Waals surface area contributed by atoms with Gasteiger partial charge in [0.25, 0.3) is 0 Å². The maximum Gasteiger partial charge on any atom is 0.0323 e. The molecule has 0 radical (unpaired) electrons. The topological polar surface area (TPSA) is 12.0 Å². The maximum absolute atomic E-state index is 3.81. The van der Waals surface area contributed by atoms with Gasteiger partial charge >= 0.3 is 0 Å². The van der Waals surface area contributed by atoms with Crippen LogP contribution in [0.1, 0.15) is 48.7 Å². The molecule has 1 aromatic heterocycles. The first-order chi connectivity index (χ1) is 9.67. The highest BCUT2D eigenvalue weighted by molar-refractivity contribution is 7.10. The summed E-state index contributed by atoms with van der Waals surface area (Å²) in [7, 11) is 0. The van der Waals surface area contributed by atoms with E-state index in [-0.39, 0.29) is 5.41 Å². The van der Waals surface area contributed by atoms with E-state index in [1.165, 1.54) is 35.3 Å². The van der Waals surface area contributed by atoms with Crippen molar-refractivity contribution in [2.45, 2.75) is 44.6 Å². The lowest BCUT2D eigenvalue weighted by molar-refractivity contribution is 0.396. The van der Waals surface area contributed by atoms with E-state index in [2.05, 4.69) is 60.9 Å². The molecule has 2 aromatic rings. The molecule has 1 aliphatic carbocycles. The van der Waals surface area contributed by atoms with Gasteiger partial charge in [0.05, 0.1) is 0 Å². The highest BCUT2D eigenvalue weighted by Crippen LogP contribution is 2.32. The van der Waals surface area contributed by atoms with Crippen LogP contribution in [0.4, 0.5) is 0 Å². The summed E-state index contributed by atoms with van der Waals surface area (Å²) in [4.78, 5) is 1.47. The SMILES string of the molecule is CC(C)(CNC1CCCc2ccccc21)c1cccs1. The van der Waals surface area contributed by atoms with Crippen LogP contribution in [0.15, 0.2) is 41.8 Å². The van der Waals surface area contributed by atoms with Gasteiger partial charge < -0.3 is 5.32 Å². The molecule has 0 spiro atoms. The average molecular weight is 285 g/mol. The van der Waals surface area contributed by atoms with E-state index in [0.29, 0.717) is 6.04 Å². The molecule has 0 aliphatic heterocycles. The quantitative estimate of drug-likeness (QED) is 0.859. The lowest BCUT2D eigenvalue weighted by atomic mass is 9.86. The maximum atomic E-state index is 3.81. The summed E-state index contributed by atoms with van der Waals surface area (Å²) in [6, 6.07) is 13.8. The molecule has 1 nitrogen and oxygen atoms in total. The van der Waals surface area contributed by atoms with Crippen molar-refractivity contribution in [3.8, 4) is 0 Å². The monoisotopic (exact) mass is 285 g/mol. The van der Waals surface area contributed by atoms with Crippen molar-refractivity contribution in [2.75, 3.05) is 6.54 Å². The zero-order valence-corrected chi connectivity index (χ0v) is 13.2. The van der Waals surface area contributed by atoms with Gasteiger partial charge in [0.2, 0.25) is 0 Å². The molecule has 3 rings (SSSR count). The smallest absolute Gasteiger partial charge is 0.0323 e. The third-order valence-electron chi connectivity index (χ3n) is 4.35. The molecule has 1 atom stereocenters. The molecule has 1 N–H and O–H groups in total. The molecular weight excluding hydrogens is 262 g/mol. The standard InChI is InChI=1S/C18H23NS/c1-18(2,17-11-6-12-20-17)13-19-16-10-5-8-14-7-3-4-9-15(14)16/h3-4,6-7,9,11-12,16,19H,5,8,10,13H2,1-2H3. The molecule has 1 aliphatic rings. The highest BCUT2D eigenvalue weighted by Gasteiger charge is 2.25. The number of hydrogen-bond donors (Lipinski definition) is 1. The van der Waals surface area contributed by atoms with Crippen LogP contribution in [-0.4, -0.2) is 6.54 Å². The number of fused-ring (bicyclic) bond motifs is 1. The van der Waals surface area contributed by atoms with Crippen molar-refractivity contribution in [3.63, 3.8) is 0 Å². The minimum Gasteiger partial charge on any atom is -0.309 e. The van der Waals surface area contributed by atoms with E-state index in [9.17, 15) is 0 Å². The van der Waals surface area contributed by atoms with E-state index in [1.54, 1.807) is 0 Å². The summed E-state index contributed by atoms with van der Waals surface area (Å²) in [6.07, 6.45) is 3.80.